The molecule has 1 atom stereocenters. The van der Waals surface area contributed by atoms with Gasteiger partial charge in [-0.15, -0.1) is 23.2 Å². The van der Waals surface area contributed by atoms with Crippen molar-refractivity contribution in [1.82, 2.24) is 0 Å². The van der Waals surface area contributed by atoms with Gasteiger partial charge in [0.2, 0.25) is 5.91 Å². The molecule has 1 N–H and O–H groups in total. The Morgan fingerprint density at radius 2 is 2.07 bits per heavy atom. The zero-order valence-electron chi connectivity index (χ0n) is 8.68. The molecular formula is C11H13Cl2NO. The Bertz CT molecular complexity index is 363. The number of halogens is 2. The minimum Gasteiger partial charge on any atom is -0.324 e. The molecule has 0 spiro atoms. The first-order chi connectivity index (χ1) is 6.97. The van der Waals surface area contributed by atoms with Gasteiger partial charge in [-0.3, -0.25) is 4.79 Å². The standard InChI is InChI=1S/C11H13Cl2NO/c1-8-5-3-4-6-9(8)14-10(15)11(2,13)7-12/h3-6H,7H2,1-2H3,(H,14,15)/t11-/m1/s1. The molecule has 0 bridgehead atoms. The number of aryl methyl sites for hydroxylation is 1. The molecule has 0 aliphatic heterocycles. The number of para-hydroxylation sites is 1. The van der Waals surface area contributed by atoms with E-state index in [1.165, 1.54) is 0 Å². The Morgan fingerprint density at radius 3 is 2.60 bits per heavy atom. The Morgan fingerprint density at radius 1 is 1.47 bits per heavy atom. The van der Waals surface area contributed by atoms with Crippen LogP contribution in [0.2, 0.25) is 0 Å². The van der Waals surface area contributed by atoms with E-state index in [-0.39, 0.29) is 11.8 Å². The van der Waals surface area contributed by atoms with E-state index in [2.05, 4.69) is 5.32 Å². The van der Waals surface area contributed by atoms with Gasteiger partial charge >= 0.3 is 0 Å². The quantitative estimate of drug-likeness (QED) is 0.815. The molecule has 15 heavy (non-hydrogen) atoms. The highest BCUT2D eigenvalue weighted by atomic mass is 35.5. The largest absolute Gasteiger partial charge is 0.324 e. The molecule has 0 fully saturated rings. The maximum atomic E-state index is 11.7. The lowest BCUT2D eigenvalue weighted by molar-refractivity contribution is -0.117. The lowest BCUT2D eigenvalue weighted by Gasteiger charge is -2.18. The molecular weight excluding hydrogens is 233 g/mol. The Kier molecular flexibility index (Phi) is 4.00. The van der Waals surface area contributed by atoms with E-state index in [0.29, 0.717) is 0 Å². The van der Waals surface area contributed by atoms with Crippen LogP contribution >= 0.6 is 23.2 Å². The number of amides is 1. The molecule has 0 aliphatic carbocycles. The topological polar surface area (TPSA) is 29.1 Å². The van der Waals surface area contributed by atoms with Crippen LogP contribution in [-0.4, -0.2) is 16.7 Å². The maximum Gasteiger partial charge on any atom is 0.246 e. The first-order valence-electron chi connectivity index (χ1n) is 4.59. The fourth-order valence-corrected chi connectivity index (χ4v) is 1.20. The van der Waals surface area contributed by atoms with Gasteiger partial charge in [0.25, 0.3) is 0 Å². The summed E-state index contributed by atoms with van der Waals surface area (Å²) in [6.07, 6.45) is 0. The highest BCUT2D eigenvalue weighted by Crippen LogP contribution is 2.20. The summed E-state index contributed by atoms with van der Waals surface area (Å²) in [5, 5.41) is 2.75. The van der Waals surface area contributed by atoms with Crippen LogP contribution < -0.4 is 5.32 Å². The van der Waals surface area contributed by atoms with Gasteiger partial charge in [0.05, 0.1) is 5.88 Å². The molecule has 1 aromatic rings. The number of anilines is 1. The summed E-state index contributed by atoms with van der Waals surface area (Å²) >= 11 is 11.5. The lowest BCUT2D eigenvalue weighted by Crippen LogP contribution is -2.36. The predicted octanol–water partition coefficient (Wildman–Crippen LogP) is 3.17. The Hall–Kier alpha value is -0.730. The van der Waals surface area contributed by atoms with E-state index in [1.54, 1.807) is 6.92 Å². The molecule has 0 saturated carbocycles. The van der Waals surface area contributed by atoms with Crippen molar-refractivity contribution in [3.8, 4) is 0 Å². The summed E-state index contributed by atoms with van der Waals surface area (Å²) in [5.74, 6) is -0.208. The van der Waals surface area contributed by atoms with Gasteiger partial charge < -0.3 is 5.32 Å². The van der Waals surface area contributed by atoms with Crippen LogP contribution in [0.25, 0.3) is 0 Å². The van der Waals surface area contributed by atoms with Gasteiger partial charge in [0, 0.05) is 5.69 Å². The monoisotopic (exact) mass is 245 g/mol. The van der Waals surface area contributed by atoms with Crippen LogP contribution in [0.15, 0.2) is 24.3 Å². The first kappa shape index (κ1) is 12.3. The van der Waals surface area contributed by atoms with Crippen molar-refractivity contribution in [2.45, 2.75) is 18.7 Å². The molecule has 82 valence electrons. The van der Waals surface area contributed by atoms with E-state index < -0.39 is 4.87 Å². The fraction of sp³-hybridized carbons (Fsp3) is 0.364. The second-order valence-corrected chi connectivity index (χ2v) is 4.70. The third-order valence-corrected chi connectivity index (χ3v) is 3.09. The second-order valence-electron chi connectivity index (χ2n) is 3.60. The molecule has 1 amide bonds. The average Bonchev–Trinajstić information content (AvgIpc) is 2.21. The molecule has 0 radical (unpaired) electrons. The maximum absolute atomic E-state index is 11.7. The van der Waals surface area contributed by atoms with Crippen molar-refractivity contribution < 1.29 is 4.79 Å². The van der Waals surface area contributed by atoms with Crippen LogP contribution in [-0.2, 0) is 4.79 Å². The molecule has 1 rings (SSSR count). The molecule has 4 heteroatoms. The van der Waals surface area contributed by atoms with Crippen LogP contribution in [0, 0.1) is 6.92 Å². The smallest absolute Gasteiger partial charge is 0.246 e. The number of hydrogen-bond donors (Lipinski definition) is 1. The van der Waals surface area contributed by atoms with Gasteiger partial charge in [-0.1, -0.05) is 18.2 Å². The summed E-state index contributed by atoms with van der Waals surface area (Å²) in [4.78, 5) is 10.6. The molecule has 1 aromatic carbocycles. The highest BCUT2D eigenvalue weighted by molar-refractivity contribution is 6.40. The van der Waals surface area contributed by atoms with Gasteiger partial charge in [0.1, 0.15) is 4.87 Å². The number of rotatable bonds is 3. The summed E-state index contributed by atoms with van der Waals surface area (Å²) < 4.78 is 0. The zero-order valence-corrected chi connectivity index (χ0v) is 10.2. The number of hydrogen-bond acceptors (Lipinski definition) is 1. The van der Waals surface area contributed by atoms with Crippen LogP contribution in [0.5, 0.6) is 0 Å². The molecule has 0 heterocycles. The molecule has 0 unspecified atom stereocenters. The van der Waals surface area contributed by atoms with Crippen molar-refractivity contribution >= 4 is 34.8 Å². The Balaban J connectivity index is 2.80. The van der Waals surface area contributed by atoms with E-state index in [4.69, 9.17) is 23.2 Å². The molecule has 0 aromatic heterocycles. The van der Waals surface area contributed by atoms with Crippen molar-refractivity contribution in [1.29, 1.82) is 0 Å². The van der Waals surface area contributed by atoms with Crippen molar-refractivity contribution in [2.75, 3.05) is 11.2 Å². The SMILES string of the molecule is Cc1ccccc1NC(=O)[C@](C)(Cl)CCl. The predicted molar refractivity (Wildman–Crippen MR) is 64.8 cm³/mol. The fourth-order valence-electron chi connectivity index (χ4n) is 1.03. The zero-order chi connectivity index (χ0) is 11.5. The lowest BCUT2D eigenvalue weighted by atomic mass is 10.1. The minimum atomic E-state index is -1.07. The van der Waals surface area contributed by atoms with Gasteiger partial charge in [0.15, 0.2) is 0 Å². The molecule has 2 nitrogen and oxygen atoms in total. The van der Waals surface area contributed by atoms with E-state index in [9.17, 15) is 4.79 Å². The molecule has 0 saturated heterocycles. The summed E-state index contributed by atoms with van der Waals surface area (Å²) in [6.45, 7) is 3.51. The van der Waals surface area contributed by atoms with Crippen LogP contribution in [0.4, 0.5) is 5.69 Å². The highest BCUT2D eigenvalue weighted by Gasteiger charge is 2.29. The second kappa shape index (κ2) is 4.86. The van der Waals surface area contributed by atoms with Gasteiger partial charge in [-0.2, -0.15) is 0 Å². The first-order valence-corrected chi connectivity index (χ1v) is 5.50. The number of benzene rings is 1. The van der Waals surface area contributed by atoms with Crippen LogP contribution in [0.1, 0.15) is 12.5 Å². The third kappa shape index (κ3) is 3.11. The van der Waals surface area contributed by atoms with Crippen molar-refractivity contribution in [3.63, 3.8) is 0 Å². The normalized spacial score (nSPS) is 14.4. The van der Waals surface area contributed by atoms with Crippen molar-refractivity contribution in [3.05, 3.63) is 29.8 Å². The summed E-state index contributed by atoms with van der Waals surface area (Å²) in [7, 11) is 0. The third-order valence-electron chi connectivity index (χ3n) is 2.12. The summed E-state index contributed by atoms with van der Waals surface area (Å²) in [5.41, 5.74) is 1.76. The number of carbonyl (C=O) groups excluding carboxylic acids is 1. The number of nitrogens with one attached hydrogen (secondary N) is 1. The van der Waals surface area contributed by atoms with E-state index >= 15 is 0 Å². The van der Waals surface area contributed by atoms with E-state index in [1.807, 2.05) is 31.2 Å². The average molecular weight is 246 g/mol. The van der Waals surface area contributed by atoms with E-state index in [0.717, 1.165) is 11.3 Å². The number of alkyl halides is 2. The Labute approximate surface area is 99.6 Å². The van der Waals surface area contributed by atoms with Gasteiger partial charge in [-0.05, 0) is 25.5 Å². The molecule has 0 aliphatic rings. The van der Waals surface area contributed by atoms with Crippen molar-refractivity contribution in [2.24, 2.45) is 0 Å². The number of carbonyl (C=O) groups is 1. The van der Waals surface area contributed by atoms with Crippen LogP contribution in [0.3, 0.4) is 0 Å². The summed E-state index contributed by atoms with van der Waals surface area (Å²) in [6, 6.07) is 7.51. The van der Waals surface area contributed by atoms with Gasteiger partial charge in [-0.25, -0.2) is 0 Å². The minimum absolute atomic E-state index is 0.0757.